The maximum Gasteiger partial charge on any atom is 0.0265 e. The van der Waals surface area contributed by atoms with E-state index in [9.17, 15) is 0 Å². The molecule has 80 valence electrons. The van der Waals surface area contributed by atoms with Crippen molar-refractivity contribution in [3.63, 3.8) is 0 Å². The molecule has 1 aromatic rings. The fourth-order valence-corrected chi connectivity index (χ4v) is 2.52. The third-order valence-electron chi connectivity index (χ3n) is 3.50. The molecule has 1 aromatic carbocycles. The maximum absolute atomic E-state index is 2.40. The number of likely N-dealkylation sites (tertiary alicyclic amines) is 1. The lowest BCUT2D eigenvalue weighted by Gasteiger charge is -2.20. The maximum atomic E-state index is 2.40. The normalized spacial score (nSPS) is 28.7. The van der Waals surface area contributed by atoms with Crippen molar-refractivity contribution in [3.8, 4) is 0 Å². The first-order chi connectivity index (χ1) is 7.24. The topological polar surface area (TPSA) is 3.24 Å². The molecule has 0 saturated carbocycles. The van der Waals surface area contributed by atoms with Gasteiger partial charge >= 0.3 is 0 Å². The van der Waals surface area contributed by atoms with Crippen molar-refractivity contribution < 1.29 is 0 Å². The molecule has 1 saturated heterocycles. The summed E-state index contributed by atoms with van der Waals surface area (Å²) < 4.78 is 0. The third-order valence-corrected chi connectivity index (χ3v) is 3.50. The molecular weight excluding hydrogens is 182 g/mol. The summed E-state index contributed by atoms with van der Waals surface area (Å²) in [6.07, 6.45) is 3.49. The van der Waals surface area contributed by atoms with Crippen molar-refractivity contribution in [1.82, 2.24) is 4.90 Å². The molecule has 0 N–H and O–H groups in total. The Hall–Kier alpha value is -1.24. The van der Waals surface area contributed by atoms with Crippen LogP contribution in [0.25, 0.3) is 0 Å². The Labute approximate surface area is 92.4 Å². The Morgan fingerprint density at radius 1 is 1.27 bits per heavy atom. The highest BCUT2D eigenvalue weighted by Crippen LogP contribution is 2.38. The Morgan fingerprint density at radius 2 is 1.93 bits per heavy atom. The van der Waals surface area contributed by atoms with E-state index in [1.54, 1.807) is 0 Å². The summed E-state index contributed by atoms with van der Waals surface area (Å²) in [6, 6.07) is 11.5. The number of benzene rings is 1. The van der Waals surface area contributed by atoms with Gasteiger partial charge in [-0.15, -0.1) is 0 Å². The molecule has 0 amide bonds. The van der Waals surface area contributed by atoms with Crippen LogP contribution >= 0.6 is 0 Å². The second-order valence-electron chi connectivity index (χ2n) is 4.37. The largest absolute Gasteiger partial charge is 0.375 e. The van der Waals surface area contributed by atoms with Gasteiger partial charge in [-0.2, -0.15) is 0 Å². The number of likely N-dealkylation sites (N-methyl/N-ethyl adjacent to an activating group) is 1. The molecule has 1 heteroatoms. The predicted molar refractivity (Wildman–Crippen MR) is 64.8 cm³/mol. The fourth-order valence-electron chi connectivity index (χ4n) is 2.52. The van der Waals surface area contributed by atoms with Gasteiger partial charge in [-0.05, 0) is 25.8 Å². The Kier molecular flexibility index (Phi) is 2.81. The van der Waals surface area contributed by atoms with Crippen molar-refractivity contribution in [3.05, 3.63) is 47.7 Å². The van der Waals surface area contributed by atoms with E-state index in [-0.39, 0.29) is 0 Å². The van der Waals surface area contributed by atoms with Crippen molar-refractivity contribution in [2.45, 2.75) is 32.2 Å². The average Bonchev–Trinajstić information content (AvgIpc) is 2.56. The zero-order valence-corrected chi connectivity index (χ0v) is 9.77. The number of hydrogen-bond acceptors (Lipinski definition) is 1. The summed E-state index contributed by atoms with van der Waals surface area (Å²) in [6.45, 7) is 4.44. The van der Waals surface area contributed by atoms with E-state index in [2.05, 4.69) is 62.2 Å². The summed E-state index contributed by atoms with van der Waals surface area (Å²) in [7, 11) is 2.20. The van der Waals surface area contributed by atoms with Crippen LogP contribution in [-0.4, -0.2) is 18.0 Å². The molecule has 15 heavy (non-hydrogen) atoms. The van der Waals surface area contributed by atoms with Gasteiger partial charge in [0.1, 0.15) is 0 Å². The van der Waals surface area contributed by atoms with E-state index in [1.807, 2.05) is 0 Å². The van der Waals surface area contributed by atoms with Gasteiger partial charge in [-0.1, -0.05) is 36.4 Å². The van der Waals surface area contributed by atoms with Crippen LogP contribution in [0.15, 0.2) is 42.1 Å². The van der Waals surface area contributed by atoms with Crippen LogP contribution in [0.4, 0.5) is 0 Å². The van der Waals surface area contributed by atoms with Crippen LogP contribution in [0.2, 0.25) is 0 Å². The molecule has 0 aromatic heterocycles. The van der Waals surface area contributed by atoms with Crippen LogP contribution in [0.3, 0.4) is 0 Å². The third kappa shape index (κ3) is 1.79. The Bertz CT molecular complexity index is 353. The molecule has 0 aliphatic carbocycles. The summed E-state index contributed by atoms with van der Waals surface area (Å²) >= 11 is 0. The van der Waals surface area contributed by atoms with Crippen molar-refractivity contribution in [2.24, 2.45) is 0 Å². The van der Waals surface area contributed by atoms with Crippen LogP contribution < -0.4 is 0 Å². The van der Waals surface area contributed by atoms with E-state index in [0.717, 1.165) is 0 Å². The van der Waals surface area contributed by atoms with Crippen LogP contribution in [0.1, 0.15) is 31.7 Å². The number of hydrogen-bond donors (Lipinski definition) is 0. The lowest BCUT2D eigenvalue weighted by molar-refractivity contribution is 0.375. The van der Waals surface area contributed by atoms with Crippen LogP contribution in [0.5, 0.6) is 0 Å². The highest BCUT2D eigenvalue weighted by atomic mass is 15.2. The predicted octanol–water partition coefficient (Wildman–Crippen LogP) is 3.40. The minimum absolute atomic E-state index is 0.594. The zero-order valence-electron chi connectivity index (χ0n) is 9.77. The molecule has 1 aliphatic heterocycles. The first-order valence-electron chi connectivity index (χ1n) is 5.68. The molecule has 1 heterocycles. The van der Waals surface area contributed by atoms with Crippen LogP contribution in [-0.2, 0) is 0 Å². The number of allylic oxidation sites excluding steroid dienone is 2. The number of rotatable bonds is 1. The minimum atomic E-state index is 0.594. The first-order valence-corrected chi connectivity index (χ1v) is 5.68. The molecule has 0 radical (unpaired) electrons. The fraction of sp³-hybridized carbons (Fsp3) is 0.429. The quantitative estimate of drug-likeness (QED) is 0.673. The second kappa shape index (κ2) is 4.09. The van der Waals surface area contributed by atoms with Gasteiger partial charge in [0.25, 0.3) is 0 Å². The molecule has 1 aliphatic rings. The lowest BCUT2D eigenvalue weighted by atomic mass is 9.94. The van der Waals surface area contributed by atoms with Gasteiger partial charge in [0.15, 0.2) is 0 Å². The summed E-state index contributed by atoms with van der Waals surface area (Å²) in [5.41, 5.74) is 2.91. The van der Waals surface area contributed by atoms with E-state index >= 15 is 0 Å². The Balaban J connectivity index is 2.32. The smallest absolute Gasteiger partial charge is 0.0265 e. The molecule has 2 rings (SSSR count). The average molecular weight is 201 g/mol. The lowest BCUT2D eigenvalue weighted by Crippen LogP contribution is -2.19. The Morgan fingerprint density at radius 3 is 2.53 bits per heavy atom. The second-order valence-corrected chi connectivity index (χ2v) is 4.37. The summed E-state index contributed by atoms with van der Waals surface area (Å²) in [5, 5.41) is 0. The number of nitrogens with zero attached hydrogens (tertiary/aromatic N) is 1. The van der Waals surface area contributed by atoms with Crippen molar-refractivity contribution >= 4 is 0 Å². The zero-order chi connectivity index (χ0) is 10.8. The van der Waals surface area contributed by atoms with Crippen molar-refractivity contribution in [1.29, 1.82) is 0 Å². The van der Waals surface area contributed by atoms with Gasteiger partial charge in [0, 0.05) is 24.7 Å². The van der Waals surface area contributed by atoms with E-state index in [0.29, 0.717) is 12.0 Å². The van der Waals surface area contributed by atoms with Crippen LogP contribution in [0, 0.1) is 0 Å². The van der Waals surface area contributed by atoms with Crippen molar-refractivity contribution in [2.75, 3.05) is 7.05 Å². The molecule has 1 fully saturated rings. The monoisotopic (exact) mass is 201 g/mol. The van der Waals surface area contributed by atoms with Gasteiger partial charge in [-0.25, -0.2) is 0 Å². The molecule has 0 bridgehead atoms. The molecule has 2 unspecified atom stereocenters. The van der Waals surface area contributed by atoms with E-state index < -0.39 is 0 Å². The highest BCUT2D eigenvalue weighted by Gasteiger charge is 2.31. The minimum Gasteiger partial charge on any atom is -0.375 e. The first kappa shape index (κ1) is 10.3. The van der Waals surface area contributed by atoms with Gasteiger partial charge < -0.3 is 4.90 Å². The van der Waals surface area contributed by atoms with Gasteiger partial charge in [-0.3, -0.25) is 0 Å². The summed E-state index contributed by atoms with van der Waals surface area (Å²) in [5.74, 6) is 0.594. The summed E-state index contributed by atoms with van der Waals surface area (Å²) in [4.78, 5) is 2.40. The van der Waals surface area contributed by atoms with E-state index in [1.165, 1.54) is 17.7 Å². The van der Waals surface area contributed by atoms with Gasteiger partial charge in [0.05, 0.1) is 0 Å². The standard InChI is InChI=1S/C14H19N/c1-4-14-13(10-11(2)15(14)3)12-8-6-5-7-9-12/h4-9,11,13H,10H2,1-3H3/b14-4-. The van der Waals surface area contributed by atoms with E-state index in [4.69, 9.17) is 0 Å². The highest BCUT2D eigenvalue weighted by molar-refractivity contribution is 5.31. The molecule has 1 nitrogen and oxygen atoms in total. The molecule has 0 spiro atoms. The molecular formula is C14H19N. The van der Waals surface area contributed by atoms with Gasteiger partial charge in [0.2, 0.25) is 0 Å². The SMILES string of the molecule is C/C=C1/C(c2ccccc2)CC(C)N1C. The molecule has 2 atom stereocenters.